The maximum absolute atomic E-state index is 5.92. The largest absolute Gasteiger partial charge is 0.369 e. The monoisotopic (exact) mass is 288 g/mol. The number of rotatable bonds is 0. The number of hydrogen-bond acceptors (Lipinski definition) is 1. The predicted molar refractivity (Wildman–Crippen MR) is 85.0 cm³/mol. The maximum Gasteiger partial charge on any atom is 0.0944 e. The van der Waals surface area contributed by atoms with Gasteiger partial charge in [0.2, 0.25) is 0 Å². The fraction of sp³-hybridized carbons (Fsp3) is 1.00. The second-order valence-electron chi connectivity index (χ2n) is 9.71. The van der Waals surface area contributed by atoms with Gasteiger partial charge >= 0.3 is 0 Å². The summed E-state index contributed by atoms with van der Waals surface area (Å²) < 4.78 is 5.92. The third-order valence-electron chi connectivity index (χ3n) is 8.95. The molecule has 0 aromatic rings. The van der Waals surface area contributed by atoms with Crippen LogP contribution in [0.4, 0.5) is 0 Å². The van der Waals surface area contributed by atoms with Gasteiger partial charge in [-0.15, -0.1) is 0 Å². The van der Waals surface area contributed by atoms with Crippen LogP contribution in [0.2, 0.25) is 0 Å². The van der Waals surface area contributed by atoms with Crippen LogP contribution < -0.4 is 0 Å². The van der Waals surface area contributed by atoms with E-state index < -0.39 is 0 Å². The molecule has 0 aromatic carbocycles. The fourth-order valence-electron chi connectivity index (χ4n) is 7.61. The van der Waals surface area contributed by atoms with Crippen LogP contribution in [0, 0.1) is 40.9 Å². The van der Waals surface area contributed by atoms with Crippen LogP contribution in [0.5, 0.6) is 0 Å². The lowest BCUT2D eigenvalue weighted by molar-refractivity contribution is -0.0711. The minimum absolute atomic E-state index is 0.352. The summed E-state index contributed by atoms with van der Waals surface area (Å²) in [6.07, 6.45) is 13.7. The highest BCUT2D eigenvalue weighted by Crippen LogP contribution is 2.64. The first kappa shape index (κ1) is 13.4. The molecule has 5 fully saturated rings. The van der Waals surface area contributed by atoms with Crippen molar-refractivity contribution < 1.29 is 4.74 Å². The summed E-state index contributed by atoms with van der Waals surface area (Å²) in [5.41, 5.74) is 1.08. The molecule has 1 aliphatic heterocycles. The Hall–Kier alpha value is -0.0400. The summed E-state index contributed by atoms with van der Waals surface area (Å²) in [4.78, 5) is 0. The van der Waals surface area contributed by atoms with Crippen LogP contribution in [-0.4, -0.2) is 12.2 Å². The lowest BCUT2D eigenvalue weighted by atomic mass is 9.49. The van der Waals surface area contributed by atoms with E-state index in [1.165, 1.54) is 38.5 Å². The minimum Gasteiger partial charge on any atom is -0.369 e. The number of fused-ring (bicyclic) bond motifs is 5. The molecule has 1 nitrogen and oxygen atoms in total. The molecule has 0 bridgehead atoms. The quantitative estimate of drug-likeness (QED) is 0.569. The van der Waals surface area contributed by atoms with Crippen molar-refractivity contribution in [2.24, 2.45) is 40.9 Å². The number of epoxide rings is 1. The zero-order chi connectivity index (χ0) is 14.2. The van der Waals surface area contributed by atoms with Crippen LogP contribution in [0.15, 0.2) is 0 Å². The van der Waals surface area contributed by atoms with Crippen molar-refractivity contribution in [1.29, 1.82) is 0 Å². The van der Waals surface area contributed by atoms with Gasteiger partial charge in [0.25, 0.3) is 0 Å². The van der Waals surface area contributed by atoms with Crippen LogP contribution >= 0.6 is 0 Å². The third-order valence-corrected chi connectivity index (χ3v) is 8.95. The molecule has 0 radical (unpaired) electrons. The summed E-state index contributed by atoms with van der Waals surface area (Å²) in [5.74, 6) is 6.15. The van der Waals surface area contributed by atoms with E-state index in [1.54, 1.807) is 19.3 Å². The molecule has 4 aliphatic carbocycles. The molecule has 1 heteroatoms. The molecule has 1 spiro atoms. The van der Waals surface area contributed by atoms with Gasteiger partial charge in [0, 0.05) is 0 Å². The fourth-order valence-corrected chi connectivity index (χ4v) is 7.61. The van der Waals surface area contributed by atoms with Gasteiger partial charge in [0.05, 0.1) is 12.2 Å². The van der Waals surface area contributed by atoms with Crippen molar-refractivity contribution >= 4 is 0 Å². The van der Waals surface area contributed by atoms with Crippen molar-refractivity contribution in [3.05, 3.63) is 0 Å². The van der Waals surface area contributed by atoms with Crippen molar-refractivity contribution in [1.82, 2.24) is 0 Å². The second-order valence-corrected chi connectivity index (χ2v) is 9.71. The average molecular weight is 288 g/mol. The number of ether oxygens (including phenoxy) is 1. The molecule has 5 aliphatic rings. The molecule has 4 saturated carbocycles. The van der Waals surface area contributed by atoms with Gasteiger partial charge in [-0.25, -0.2) is 0 Å². The Labute approximate surface area is 130 Å². The molecule has 0 aromatic heterocycles. The standard InChI is InChI=1S/C20H32O/c1-13-10-17-14(11-20(13)12-21-20)5-6-16-15(17)7-9-19(2)8-3-4-18(16)19/h13-18H,3-12H2,1-2H3/t13-,14+,15+,16-,17+,18+,19+,20-/m1/s1. The van der Waals surface area contributed by atoms with Crippen LogP contribution in [0.3, 0.4) is 0 Å². The predicted octanol–water partition coefficient (Wildman–Crippen LogP) is 5.04. The molecule has 5 rings (SSSR count). The second kappa shape index (κ2) is 4.28. The topological polar surface area (TPSA) is 12.5 Å². The molecule has 118 valence electrons. The summed E-state index contributed by atoms with van der Waals surface area (Å²) in [6.45, 7) is 6.19. The van der Waals surface area contributed by atoms with Crippen LogP contribution in [0.1, 0.15) is 71.6 Å². The van der Waals surface area contributed by atoms with Gasteiger partial charge in [0.1, 0.15) is 0 Å². The SMILES string of the molecule is C[C@@H]1C[C@H]2[C@@H](CC[C@@H]3[C@@H]2CC[C@]2(C)CCC[C@@H]32)C[C@@]12CO2. The van der Waals surface area contributed by atoms with E-state index in [-0.39, 0.29) is 0 Å². The Morgan fingerprint density at radius 1 is 0.952 bits per heavy atom. The molecule has 0 amide bonds. The van der Waals surface area contributed by atoms with E-state index in [2.05, 4.69) is 13.8 Å². The zero-order valence-corrected chi connectivity index (χ0v) is 13.9. The van der Waals surface area contributed by atoms with E-state index in [9.17, 15) is 0 Å². The van der Waals surface area contributed by atoms with Gasteiger partial charge in [0.15, 0.2) is 0 Å². The highest BCUT2D eigenvalue weighted by Gasteiger charge is 2.60. The molecule has 0 N–H and O–H groups in total. The molecular formula is C20H32O. The van der Waals surface area contributed by atoms with E-state index in [0.29, 0.717) is 5.60 Å². The Morgan fingerprint density at radius 2 is 1.81 bits per heavy atom. The smallest absolute Gasteiger partial charge is 0.0944 e. The normalized spacial score (nSPS) is 62.0. The van der Waals surface area contributed by atoms with E-state index in [0.717, 1.165) is 47.5 Å². The van der Waals surface area contributed by atoms with Crippen LogP contribution in [-0.2, 0) is 4.74 Å². The summed E-state index contributed by atoms with van der Waals surface area (Å²) in [5, 5.41) is 0. The molecule has 1 saturated heterocycles. The summed E-state index contributed by atoms with van der Waals surface area (Å²) in [6, 6.07) is 0. The Kier molecular flexibility index (Phi) is 2.73. The first-order valence-electron chi connectivity index (χ1n) is 9.75. The summed E-state index contributed by atoms with van der Waals surface area (Å²) in [7, 11) is 0. The molecule has 8 atom stereocenters. The molecule has 1 heterocycles. The van der Waals surface area contributed by atoms with E-state index in [1.807, 2.05) is 0 Å². The van der Waals surface area contributed by atoms with Crippen molar-refractivity contribution in [2.45, 2.75) is 77.2 Å². The maximum atomic E-state index is 5.92. The Bertz CT molecular complexity index is 439. The van der Waals surface area contributed by atoms with Crippen molar-refractivity contribution in [3.63, 3.8) is 0 Å². The molecule has 0 unspecified atom stereocenters. The first-order valence-corrected chi connectivity index (χ1v) is 9.75. The van der Waals surface area contributed by atoms with Gasteiger partial charge in [-0.3, -0.25) is 0 Å². The van der Waals surface area contributed by atoms with E-state index >= 15 is 0 Å². The Morgan fingerprint density at radius 3 is 2.62 bits per heavy atom. The van der Waals surface area contributed by atoms with Crippen molar-refractivity contribution in [3.8, 4) is 0 Å². The third kappa shape index (κ3) is 1.79. The first-order chi connectivity index (χ1) is 10.1. The lowest BCUT2D eigenvalue weighted by Gasteiger charge is -2.56. The van der Waals surface area contributed by atoms with Crippen LogP contribution in [0.25, 0.3) is 0 Å². The zero-order valence-electron chi connectivity index (χ0n) is 13.9. The summed E-state index contributed by atoms with van der Waals surface area (Å²) >= 11 is 0. The average Bonchev–Trinajstić information content (AvgIpc) is 3.12. The molecule has 21 heavy (non-hydrogen) atoms. The highest BCUT2D eigenvalue weighted by atomic mass is 16.6. The van der Waals surface area contributed by atoms with Crippen molar-refractivity contribution in [2.75, 3.05) is 6.61 Å². The van der Waals surface area contributed by atoms with Gasteiger partial charge in [-0.05, 0) is 92.3 Å². The Balaban J connectivity index is 1.40. The van der Waals surface area contributed by atoms with E-state index in [4.69, 9.17) is 4.74 Å². The minimum atomic E-state index is 0.352. The van der Waals surface area contributed by atoms with Gasteiger partial charge in [-0.1, -0.05) is 20.3 Å². The lowest BCUT2D eigenvalue weighted by Crippen LogP contribution is -2.49. The molecular weight excluding hydrogens is 256 g/mol. The van der Waals surface area contributed by atoms with Gasteiger partial charge in [-0.2, -0.15) is 0 Å². The van der Waals surface area contributed by atoms with Gasteiger partial charge < -0.3 is 4.74 Å². The highest BCUT2D eigenvalue weighted by molar-refractivity contribution is 5.09. The number of hydrogen-bond donors (Lipinski definition) is 0.